The van der Waals surface area contributed by atoms with Crippen molar-refractivity contribution in [2.45, 2.75) is 51.4 Å². The van der Waals surface area contributed by atoms with E-state index < -0.39 is 0 Å². The molecule has 0 unspecified atom stereocenters. The lowest BCUT2D eigenvalue weighted by atomic mass is 9.90. The van der Waals surface area contributed by atoms with Crippen molar-refractivity contribution < 1.29 is 0 Å². The Kier molecular flexibility index (Phi) is 2.15. The predicted octanol–water partition coefficient (Wildman–Crippen LogP) is 4.41. The second-order valence-electron chi connectivity index (χ2n) is 6.49. The smallest absolute Gasteiger partial charge is 0.0466 e. The van der Waals surface area contributed by atoms with Gasteiger partial charge in [-0.1, -0.05) is 0 Å². The van der Waals surface area contributed by atoms with E-state index >= 15 is 0 Å². The first-order valence-electron chi connectivity index (χ1n) is 8.07. The van der Waals surface area contributed by atoms with E-state index in [0.717, 1.165) is 0 Å². The van der Waals surface area contributed by atoms with Crippen LogP contribution in [-0.4, -0.2) is 9.97 Å². The molecule has 0 fully saturated rings. The van der Waals surface area contributed by atoms with Crippen LogP contribution in [0.25, 0.3) is 21.8 Å². The second kappa shape index (κ2) is 3.91. The fourth-order valence-electron chi connectivity index (χ4n) is 4.40. The third kappa shape index (κ3) is 1.34. The van der Waals surface area contributed by atoms with E-state index in [1.165, 1.54) is 84.6 Å². The maximum absolute atomic E-state index is 3.69. The maximum atomic E-state index is 3.69. The van der Waals surface area contributed by atoms with Crippen LogP contribution < -0.4 is 0 Å². The molecule has 0 radical (unpaired) electrons. The number of H-pyrrole nitrogens is 2. The summed E-state index contributed by atoms with van der Waals surface area (Å²) in [6.45, 7) is 0. The lowest BCUT2D eigenvalue weighted by Gasteiger charge is -2.13. The highest BCUT2D eigenvalue weighted by Gasteiger charge is 2.22. The quantitative estimate of drug-likeness (QED) is 0.603. The summed E-state index contributed by atoms with van der Waals surface area (Å²) >= 11 is 0. The Morgan fingerprint density at radius 3 is 1.55 bits per heavy atom. The summed E-state index contributed by atoms with van der Waals surface area (Å²) in [4.78, 5) is 7.38. The Morgan fingerprint density at radius 1 is 0.600 bits per heavy atom. The van der Waals surface area contributed by atoms with Crippen molar-refractivity contribution in [3.63, 3.8) is 0 Å². The van der Waals surface area contributed by atoms with Crippen molar-refractivity contribution in [2.24, 2.45) is 0 Å². The number of fused-ring (bicyclic) bond motifs is 7. The van der Waals surface area contributed by atoms with Crippen molar-refractivity contribution in [2.75, 3.05) is 0 Å². The van der Waals surface area contributed by atoms with Crippen LogP contribution in [0.4, 0.5) is 0 Å². The Hall–Kier alpha value is -1.70. The van der Waals surface area contributed by atoms with Gasteiger partial charge in [-0.3, -0.25) is 0 Å². The molecule has 0 amide bonds. The van der Waals surface area contributed by atoms with Crippen LogP contribution in [0.5, 0.6) is 0 Å². The summed E-state index contributed by atoms with van der Waals surface area (Å²) < 4.78 is 0. The molecule has 2 aliphatic rings. The van der Waals surface area contributed by atoms with Gasteiger partial charge in [-0.05, 0) is 74.6 Å². The van der Waals surface area contributed by atoms with Gasteiger partial charge in [0.2, 0.25) is 0 Å². The van der Waals surface area contributed by atoms with E-state index in [2.05, 4.69) is 22.1 Å². The average molecular weight is 264 g/mol. The summed E-state index contributed by atoms with van der Waals surface area (Å²) in [6.07, 6.45) is 10.4. The number of nitrogens with one attached hydrogen (secondary N) is 2. The molecule has 5 rings (SSSR count). The normalized spacial score (nSPS) is 18.4. The Morgan fingerprint density at radius 2 is 1.05 bits per heavy atom. The third-order valence-electron chi connectivity index (χ3n) is 5.32. The lowest BCUT2D eigenvalue weighted by molar-refractivity contribution is 0.678. The molecule has 3 aromatic rings. The Labute approximate surface area is 118 Å². The molecule has 2 heterocycles. The molecule has 2 N–H and O–H groups in total. The van der Waals surface area contributed by atoms with Crippen LogP contribution in [-0.2, 0) is 25.7 Å². The highest BCUT2D eigenvalue weighted by Crippen LogP contribution is 2.38. The van der Waals surface area contributed by atoms with Gasteiger partial charge in [0.1, 0.15) is 0 Å². The van der Waals surface area contributed by atoms with Crippen LogP contribution in [0.3, 0.4) is 0 Å². The lowest BCUT2D eigenvalue weighted by Crippen LogP contribution is -2.01. The highest BCUT2D eigenvalue weighted by molar-refractivity contribution is 6.10. The van der Waals surface area contributed by atoms with E-state index in [9.17, 15) is 0 Å². The molecule has 2 nitrogen and oxygen atoms in total. The fourth-order valence-corrected chi connectivity index (χ4v) is 4.40. The van der Waals surface area contributed by atoms with Crippen LogP contribution in [0.15, 0.2) is 12.1 Å². The molecule has 1 aromatic carbocycles. The van der Waals surface area contributed by atoms with E-state index in [0.29, 0.717) is 0 Å². The molecule has 0 aliphatic heterocycles. The zero-order chi connectivity index (χ0) is 13.1. The predicted molar refractivity (Wildman–Crippen MR) is 83.4 cm³/mol. The first-order valence-corrected chi connectivity index (χ1v) is 8.07. The van der Waals surface area contributed by atoms with Crippen molar-refractivity contribution in [3.05, 3.63) is 34.6 Å². The number of benzene rings is 1. The van der Waals surface area contributed by atoms with Gasteiger partial charge < -0.3 is 9.97 Å². The molecule has 0 bridgehead atoms. The van der Waals surface area contributed by atoms with Gasteiger partial charge in [0.05, 0.1) is 0 Å². The first kappa shape index (κ1) is 11.0. The zero-order valence-electron chi connectivity index (χ0n) is 11.8. The molecule has 102 valence electrons. The average Bonchev–Trinajstić information content (AvgIpc) is 3.04. The molecule has 0 atom stereocenters. The first-order chi connectivity index (χ1) is 9.92. The molecule has 20 heavy (non-hydrogen) atoms. The van der Waals surface area contributed by atoms with E-state index in [1.807, 2.05) is 0 Å². The fraction of sp³-hybridized carbons (Fsp3) is 0.444. The van der Waals surface area contributed by atoms with Crippen molar-refractivity contribution in [1.29, 1.82) is 0 Å². The highest BCUT2D eigenvalue weighted by atomic mass is 14.8. The van der Waals surface area contributed by atoms with E-state index in [-0.39, 0.29) is 0 Å². The van der Waals surface area contributed by atoms with Crippen molar-refractivity contribution >= 4 is 21.8 Å². The van der Waals surface area contributed by atoms with Crippen LogP contribution in [0, 0.1) is 0 Å². The zero-order valence-corrected chi connectivity index (χ0v) is 11.8. The maximum Gasteiger partial charge on any atom is 0.0466 e. The molecular weight excluding hydrogens is 244 g/mol. The number of aromatic amines is 2. The number of aryl methyl sites for hydroxylation is 4. The molecule has 2 aromatic heterocycles. The standard InChI is InChI=1S/C18H20N2/c1-3-7-13-11(5-1)17-15(19-13)9-10-16-18(17)12-6-2-4-8-14(12)20-16/h9-10,19-20H,1-8H2. The minimum Gasteiger partial charge on any atom is -0.358 e. The molecule has 0 saturated carbocycles. The van der Waals surface area contributed by atoms with Crippen LogP contribution in [0.1, 0.15) is 48.2 Å². The molecule has 0 saturated heterocycles. The van der Waals surface area contributed by atoms with Gasteiger partial charge in [0.15, 0.2) is 0 Å². The topological polar surface area (TPSA) is 31.6 Å². The van der Waals surface area contributed by atoms with Gasteiger partial charge in [0.25, 0.3) is 0 Å². The van der Waals surface area contributed by atoms with E-state index in [1.54, 1.807) is 11.1 Å². The molecular formula is C18H20N2. The van der Waals surface area contributed by atoms with Gasteiger partial charge in [-0.15, -0.1) is 0 Å². The number of rotatable bonds is 0. The van der Waals surface area contributed by atoms with Crippen LogP contribution >= 0.6 is 0 Å². The van der Waals surface area contributed by atoms with Crippen molar-refractivity contribution in [3.8, 4) is 0 Å². The third-order valence-corrected chi connectivity index (χ3v) is 5.32. The SMILES string of the molecule is c1cc2[nH]c3c(c2c2c4c([nH]c12)CCCC4)CCCC3. The monoisotopic (exact) mass is 264 g/mol. The van der Waals surface area contributed by atoms with Gasteiger partial charge in [-0.2, -0.15) is 0 Å². The molecule has 0 spiro atoms. The van der Waals surface area contributed by atoms with Crippen molar-refractivity contribution in [1.82, 2.24) is 9.97 Å². The summed E-state index contributed by atoms with van der Waals surface area (Å²) in [5.41, 5.74) is 8.95. The second-order valence-corrected chi connectivity index (χ2v) is 6.49. The summed E-state index contributed by atoms with van der Waals surface area (Å²) in [5, 5.41) is 3.08. The summed E-state index contributed by atoms with van der Waals surface area (Å²) in [6, 6.07) is 4.55. The van der Waals surface area contributed by atoms with Gasteiger partial charge >= 0.3 is 0 Å². The number of hydrogen-bond donors (Lipinski definition) is 2. The van der Waals surface area contributed by atoms with E-state index in [4.69, 9.17) is 0 Å². The summed E-state index contributed by atoms with van der Waals surface area (Å²) in [7, 11) is 0. The Balaban J connectivity index is 1.94. The molecule has 2 heteroatoms. The van der Waals surface area contributed by atoms with Crippen LogP contribution in [0.2, 0.25) is 0 Å². The van der Waals surface area contributed by atoms with Gasteiger partial charge in [0, 0.05) is 33.2 Å². The number of aromatic nitrogens is 2. The minimum atomic E-state index is 1.23. The molecule has 2 aliphatic carbocycles. The largest absolute Gasteiger partial charge is 0.358 e. The number of hydrogen-bond acceptors (Lipinski definition) is 0. The van der Waals surface area contributed by atoms with Gasteiger partial charge in [-0.25, -0.2) is 0 Å². The summed E-state index contributed by atoms with van der Waals surface area (Å²) in [5.74, 6) is 0. The minimum absolute atomic E-state index is 1.23. The Bertz CT molecular complexity index is 750.